The molecule has 1 aromatic heterocycles. The number of rotatable bonds is 7. The van der Waals surface area contributed by atoms with Gasteiger partial charge in [-0.2, -0.15) is 0 Å². The van der Waals surface area contributed by atoms with E-state index in [2.05, 4.69) is 40.5 Å². The molecular weight excluding hydrogens is 386 g/mol. The Balaban J connectivity index is 1.52. The molecule has 166 valence electrons. The van der Waals surface area contributed by atoms with Crippen LogP contribution in [0.15, 0.2) is 36.5 Å². The fourth-order valence-corrected chi connectivity index (χ4v) is 4.37. The minimum atomic E-state index is -0.425. The van der Waals surface area contributed by atoms with Gasteiger partial charge in [0, 0.05) is 18.0 Å². The lowest BCUT2D eigenvalue weighted by Gasteiger charge is -2.34. The van der Waals surface area contributed by atoms with E-state index in [1.54, 1.807) is 0 Å². The Morgan fingerprint density at radius 1 is 1.23 bits per heavy atom. The summed E-state index contributed by atoms with van der Waals surface area (Å²) in [5.41, 5.74) is 2.93. The topological polar surface area (TPSA) is 54.5 Å². The minimum absolute atomic E-state index is 0.0181. The van der Waals surface area contributed by atoms with Gasteiger partial charge in [-0.25, -0.2) is 4.98 Å². The molecule has 31 heavy (non-hydrogen) atoms. The molecule has 1 aliphatic carbocycles. The van der Waals surface area contributed by atoms with E-state index in [-0.39, 0.29) is 5.91 Å². The lowest BCUT2D eigenvalue weighted by atomic mass is 9.85. The summed E-state index contributed by atoms with van der Waals surface area (Å²) >= 11 is 0. The number of hydrogen-bond donors (Lipinski definition) is 1. The van der Waals surface area contributed by atoms with Crippen LogP contribution < -0.4 is 15.0 Å². The van der Waals surface area contributed by atoms with Gasteiger partial charge in [-0.1, -0.05) is 39.3 Å². The predicted molar refractivity (Wildman–Crippen MR) is 126 cm³/mol. The highest BCUT2D eigenvalue weighted by Crippen LogP contribution is 2.37. The summed E-state index contributed by atoms with van der Waals surface area (Å²) in [5.74, 6) is 2.81. The number of benzene rings is 1. The lowest BCUT2D eigenvalue weighted by molar-refractivity contribution is -0.123. The number of carbonyl (C=O) groups excluding carboxylic acids is 1. The van der Waals surface area contributed by atoms with Gasteiger partial charge < -0.3 is 15.0 Å². The van der Waals surface area contributed by atoms with Crippen LogP contribution in [0.4, 0.5) is 11.5 Å². The third-order valence-corrected chi connectivity index (χ3v) is 6.44. The second-order valence-electron chi connectivity index (χ2n) is 10.00. The molecule has 5 nitrogen and oxygen atoms in total. The second-order valence-corrected chi connectivity index (χ2v) is 10.00. The number of carbonyl (C=O) groups is 1. The minimum Gasteiger partial charge on any atom is -0.494 e. The molecule has 1 aromatic carbocycles. The molecule has 0 radical (unpaired) electrons. The number of ether oxygens (including phenoxy) is 1. The van der Waals surface area contributed by atoms with Crippen molar-refractivity contribution < 1.29 is 9.53 Å². The molecule has 2 heterocycles. The first-order valence-corrected chi connectivity index (χ1v) is 11.6. The molecule has 0 spiro atoms. The van der Waals surface area contributed by atoms with Gasteiger partial charge in [0.15, 0.2) is 0 Å². The molecule has 1 aliphatic heterocycles. The second kappa shape index (κ2) is 8.89. The van der Waals surface area contributed by atoms with E-state index in [0.29, 0.717) is 12.6 Å². The number of nitrogens with zero attached hydrogens (tertiary/aromatic N) is 2. The molecule has 0 saturated heterocycles. The van der Waals surface area contributed by atoms with Crippen LogP contribution >= 0.6 is 0 Å². The zero-order valence-corrected chi connectivity index (χ0v) is 19.3. The van der Waals surface area contributed by atoms with Gasteiger partial charge in [-0.3, -0.25) is 4.79 Å². The zero-order valence-electron chi connectivity index (χ0n) is 19.3. The first kappa shape index (κ1) is 21.7. The van der Waals surface area contributed by atoms with Gasteiger partial charge in [0.2, 0.25) is 5.91 Å². The summed E-state index contributed by atoms with van der Waals surface area (Å²) in [6, 6.07) is 11.0. The fraction of sp³-hybridized carbons (Fsp3) is 0.538. The van der Waals surface area contributed by atoms with E-state index in [1.807, 2.05) is 33.9 Å². The molecule has 1 fully saturated rings. The summed E-state index contributed by atoms with van der Waals surface area (Å²) in [6.07, 6.45) is 7.75. The molecule has 5 heteroatoms. The maximum Gasteiger partial charge on any atom is 0.229 e. The molecule has 1 N–H and O–H groups in total. The van der Waals surface area contributed by atoms with Crippen molar-refractivity contribution in [1.29, 1.82) is 0 Å². The van der Waals surface area contributed by atoms with Crippen LogP contribution in [0.2, 0.25) is 0 Å². The van der Waals surface area contributed by atoms with Crippen molar-refractivity contribution in [3.63, 3.8) is 0 Å². The Hall–Kier alpha value is -2.56. The quantitative estimate of drug-likeness (QED) is 0.664. The molecule has 1 unspecified atom stereocenters. The van der Waals surface area contributed by atoms with Crippen molar-refractivity contribution in [3.05, 3.63) is 47.7 Å². The largest absolute Gasteiger partial charge is 0.494 e. The van der Waals surface area contributed by atoms with Crippen molar-refractivity contribution >= 4 is 17.4 Å². The highest BCUT2D eigenvalue weighted by molar-refractivity contribution is 5.94. The molecule has 1 amide bonds. The molecule has 1 atom stereocenters. The average Bonchev–Trinajstić information content (AvgIpc) is 3.02. The van der Waals surface area contributed by atoms with Crippen molar-refractivity contribution in [3.8, 4) is 5.75 Å². The Labute approximate surface area is 186 Å². The van der Waals surface area contributed by atoms with Gasteiger partial charge in [-0.05, 0) is 67.9 Å². The molecular formula is C26H35N3O2. The van der Waals surface area contributed by atoms with E-state index in [0.717, 1.165) is 42.6 Å². The standard InChI is InChI=1S/C26H35N3O2/c1-5-31-23-11-9-18(10-12-23)13-22-15-20-14-21(28-25(30)26(2,3)4)16-27-24(20)29(22)17-19-7-6-8-19/h9-12,14,16,19,22H,5-8,13,15,17H2,1-4H3,(H,28,30). The third kappa shape index (κ3) is 5.03. The van der Waals surface area contributed by atoms with Crippen LogP contribution in [-0.2, 0) is 17.6 Å². The van der Waals surface area contributed by atoms with Crippen LogP contribution in [0, 0.1) is 11.3 Å². The van der Waals surface area contributed by atoms with Crippen LogP contribution in [0.3, 0.4) is 0 Å². The molecule has 4 rings (SSSR count). The van der Waals surface area contributed by atoms with E-state index >= 15 is 0 Å². The number of hydrogen-bond acceptors (Lipinski definition) is 4. The lowest BCUT2D eigenvalue weighted by Crippen LogP contribution is -2.39. The molecule has 0 bridgehead atoms. The number of nitrogens with one attached hydrogen (secondary N) is 1. The Bertz CT molecular complexity index is 913. The number of fused-ring (bicyclic) bond motifs is 1. The smallest absolute Gasteiger partial charge is 0.229 e. The normalized spacial score (nSPS) is 18.5. The fourth-order valence-electron chi connectivity index (χ4n) is 4.37. The summed E-state index contributed by atoms with van der Waals surface area (Å²) in [5, 5.41) is 3.04. The Morgan fingerprint density at radius 2 is 1.97 bits per heavy atom. The summed E-state index contributed by atoms with van der Waals surface area (Å²) < 4.78 is 5.59. The SMILES string of the molecule is CCOc1ccc(CC2Cc3cc(NC(=O)C(C)(C)C)cnc3N2CC2CCC2)cc1. The first-order valence-electron chi connectivity index (χ1n) is 11.6. The van der Waals surface area contributed by atoms with Crippen molar-refractivity contribution in [2.45, 2.75) is 65.8 Å². The van der Waals surface area contributed by atoms with Gasteiger partial charge in [0.25, 0.3) is 0 Å². The maximum absolute atomic E-state index is 12.4. The number of anilines is 2. The van der Waals surface area contributed by atoms with E-state index < -0.39 is 5.41 Å². The van der Waals surface area contributed by atoms with E-state index in [4.69, 9.17) is 9.72 Å². The predicted octanol–water partition coefficient (Wildman–Crippen LogP) is 5.24. The van der Waals surface area contributed by atoms with Gasteiger partial charge in [0.1, 0.15) is 11.6 Å². The molecule has 2 aliphatic rings. The molecule has 2 aromatic rings. The van der Waals surface area contributed by atoms with E-state index in [9.17, 15) is 4.79 Å². The van der Waals surface area contributed by atoms with Crippen molar-refractivity contribution in [1.82, 2.24) is 4.98 Å². The van der Waals surface area contributed by atoms with Gasteiger partial charge in [-0.15, -0.1) is 0 Å². The third-order valence-electron chi connectivity index (χ3n) is 6.44. The van der Waals surface area contributed by atoms with Crippen molar-refractivity contribution in [2.75, 3.05) is 23.4 Å². The van der Waals surface area contributed by atoms with Gasteiger partial charge >= 0.3 is 0 Å². The number of amides is 1. The van der Waals surface area contributed by atoms with Crippen LogP contribution in [0.25, 0.3) is 0 Å². The van der Waals surface area contributed by atoms with Crippen LogP contribution in [0.5, 0.6) is 5.75 Å². The van der Waals surface area contributed by atoms with Crippen molar-refractivity contribution in [2.24, 2.45) is 11.3 Å². The van der Waals surface area contributed by atoms with E-state index in [1.165, 1.54) is 30.4 Å². The summed E-state index contributed by atoms with van der Waals surface area (Å²) in [6.45, 7) is 9.55. The number of aromatic nitrogens is 1. The van der Waals surface area contributed by atoms with Crippen LogP contribution in [-0.4, -0.2) is 30.1 Å². The average molecular weight is 422 g/mol. The zero-order chi connectivity index (χ0) is 22.0. The summed E-state index contributed by atoms with van der Waals surface area (Å²) in [4.78, 5) is 19.7. The summed E-state index contributed by atoms with van der Waals surface area (Å²) in [7, 11) is 0. The Morgan fingerprint density at radius 3 is 2.58 bits per heavy atom. The monoisotopic (exact) mass is 421 g/mol. The Kier molecular flexibility index (Phi) is 6.22. The maximum atomic E-state index is 12.4. The highest BCUT2D eigenvalue weighted by atomic mass is 16.5. The highest BCUT2D eigenvalue weighted by Gasteiger charge is 2.34. The molecule has 1 saturated carbocycles. The van der Waals surface area contributed by atoms with Gasteiger partial charge in [0.05, 0.1) is 18.5 Å². The van der Waals surface area contributed by atoms with Crippen LogP contribution in [0.1, 0.15) is 58.1 Å². The first-order chi connectivity index (χ1) is 14.8. The number of pyridine rings is 1.